The minimum absolute atomic E-state index is 0.0785. The largest absolute Gasteiger partial charge is 0.496 e. The van der Waals surface area contributed by atoms with Crippen LogP contribution in [0.15, 0.2) is 18.2 Å². The molecule has 1 saturated heterocycles. The summed E-state index contributed by atoms with van der Waals surface area (Å²) in [7, 11) is 3.26. The highest BCUT2D eigenvalue weighted by molar-refractivity contribution is 5.97. The van der Waals surface area contributed by atoms with Crippen molar-refractivity contribution in [3.63, 3.8) is 0 Å². The molecule has 3 rings (SSSR count). The summed E-state index contributed by atoms with van der Waals surface area (Å²) < 4.78 is 24.4. The topological polar surface area (TPSA) is 38.8 Å². The predicted molar refractivity (Wildman–Crippen MR) is 85.1 cm³/mol. The molecule has 5 heteroatoms. The molecule has 1 saturated carbocycles. The molecule has 1 heterocycles. The predicted octanol–water partition coefficient (Wildman–Crippen LogP) is 3.25. The number of benzene rings is 1. The fourth-order valence-electron chi connectivity index (χ4n) is 4.23. The lowest BCUT2D eigenvalue weighted by Gasteiger charge is -2.42. The number of rotatable bonds is 3. The fraction of sp³-hybridized carbons (Fsp3) is 0.611. The molecule has 1 aromatic rings. The average Bonchev–Trinajstić information content (AvgIpc) is 2.90. The van der Waals surface area contributed by atoms with Gasteiger partial charge in [-0.1, -0.05) is 6.92 Å². The molecule has 1 aliphatic heterocycles. The molecule has 4 nitrogen and oxygen atoms in total. The molecular weight excluding hydrogens is 297 g/mol. The van der Waals surface area contributed by atoms with E-state index in [0.29, 0.717) is 17.9 Å². The van der Waals surface area contributed by atoms with E-state index in [1.165, 1.54) is 25.3 Å². The monoisotopic (exact) mass is 321 g/mol. The molecule has 1 aromatic carbocycles. The number of fused-ring (bicyclic) bond motifs is 1. The molecule has 23 heavy (non-hydrogen) atoms. The Bertz CT molecular complexity index is 606. The number of hydrogen-bond donors (Lipinski definition) is 0. The highest BCUT2D eigenvalue weighted by atomic mass is 19.1. The van der Waals surface area contributed by atoms with Crippen LogP contribution in [0.4, 0.5) is 4.39 Å². The van der Waals surface area contributed by atoms with Gasteiger partial charge in [0.25, 0.3) is 5.91 Å². The van der Waals surface area contributed by atoms with Crippen LogP contribution >= 0.6 is 0 Å². The minimum atomic E-state index is -0.417. The average molecular weight is 321 g/mol. The van der Waals surface area contributed by atoms with Gasteiger partial charge in [0.2, 0.25) is 0 Å². The molecule has 0 spiro atoms. The van der Waals surface area contributed by atoms with Crippen LogP contribution in [0.2, 0.25) is 0 Å². The third-order valence-corrected chi connectivity index (χ3v) is 5.55. The van der Waals surface area contributed by atoms with Crippen LogP contribution in [-0.2, 0) is 4.74 Å². The zero-order chi connectivity index (χ0) is 16.6. The maximum atomic E-state index is 13.6. The summed E-state index contributed by atoms with van der Waals surface area (Å²) in [6.45, 7) is 2.94. The van der Waals surface area contributed by atoms with Crippen LogP contribution in [0.1, 0.15) is 43.0 Å². The second-order valence-electron chi connectivity index (χ2n) is 6.90. The zero-order valence-corrected chi connectivity index (χ0v) is 14.0. The number of ether oxygens (including phenoxy) is 2. The summed E-state index contributed by atoms with van der Waals surface area (Å²) in [6.07, 6.45) is 4.09. The quantitative estimate of drug-likeness (QED) is 0.858. The Morgan fingerprint density at radius 3 is 2.83 bits per heavy atom. The summed E-state index contributed by atoms with van der Waals surface area (Å²) in [5, 5.41) is 0. The molecule has 0 N–H and O–H groups in total. The molecular formula is C18H24FNO3. The maximum Gasteiger partial charge on any atom is 0.257 e. The molecule has 0 radical (unpaired) electrons. The van der Waals surface area contributed by atoms with Gasteiger partial charge in [-0.3, -0.25) is 4.79 Å². The van der Waals surface area contributed by atoms with E-state index in [1.807, 2.05) is 4.90 Å². The van der Waals surface area contributed by atoms with Crippen molar-refractivity contribution in [2.24, 2.45) is 5.41 Å². The van der Waals surface area contributed by atoms with E-state index < -0.39 is 5.82 Å². The van der Waals surface area contributed by atoms with Crippen molar-refractivity contribution in [3.05, 3.63) is 29.6 Å². The summed E-state index contributed by atoms with van der Waals surface area (Å²) in [5.41, 5.74) is 0.389. The third-order valence-electron chi connectivity index (χ3n) is 5.55. The van der Waals surface area contributed by atoms with Gasteiger partial charge in [0, 0.05) is 19.7 Å². The molecule has 3 atom stereocenters. The number of nitrogens with zero attached hydrogens (tertiary/aromatic N) is 1. The molecule has 0 aromatic heterocycles. The van der Waals surface area contributed by atoms with Crippen molar-refractivity contribution in [3.8, 4) is 5.75 Å². The first kappa shape index (κ1) is 16.2. The Morgan fingerprint density at radius 2 is 2.13 bits per heavy atom. The Hall–Kier alpha value is -1.62. The molecule has 126 valence electrons. The van der Waals surface area contributed by atoms with Crippen LogP contribution in [0.5, 0.6) is 5.75 Å². The smallest absolute Gasteiger partial charge is 0.257 e. The number of methoxy groups -OCH3 is 2. The van der Waals surface area contributed by atoms with E-state index in [-0.39, 0.29) is 23.5 Å². The fourth-order valence-corrected chi connectivity index (χ4v) is 4.23. The van der Waals surface area contributed by atoms with Crippen LogP contribution in [-0.4, -0.2) is 43.7 Å². The van der Waals surface area contributed by atoms with E-state index in [2.05, 4.69) is 6.92 Å². The highest BCUT2D eigenvalue weighted by Crippen LogP contribution is 2.47. The standard InChI is InChI=1S/C18H24FNO3/c1-18-8-9-20(16(18)7-5-13(11-18)22-2)17(21)14-10-12(19)4-6-15(14)23-3/h4,6,10,13,16H,5,7-9,11H2,1-3H3/t13-,16-,18+/m1/s1. The SMILES string of the molecule is COc1ccc(F)cc1C(=O)N1CC[C@@]2(C)C[C@H](OC)CC[C@@H]12. The molecule has 1 aliphatic carbocycles. The lowest BCUT2D eigenvalue weighted by molar-refractivity contribution is -0.00282. The number of amides is 1. The van der Waals surface area contributed by atoms with Crippen molar-refractivity contribution in [1.29, 1.82) is 0 Å². The second kappa shape index (κ2) is 6.11. The lowest BCUT2D eigenvalue weighted by atomic mass is 9.71. The van der Waals surface area contributed by atoms with Gasteiger partial charge in [0.1, 0.15) is 11.6 Å². The van der Waals surface area contributed by atoms with Crippen molar-refractivity contribution in [1.82, 2.24) is 4.90 Å². The Labute approximate surface area is 136 Å². The minimum Gasteiger partial charge on any atom is -0.496 e. The van der Waals surface area contributed by atoms with Crippen molar-refractivity contribution < 1.29 is 18.7 Å². The zero-order valence-electron chi connectivity index (χ0n) is 14.0. The Kier molecular flexibility index (Phi) is 4.32. The number of halogens is 1. The second-order valence-corrected chi connectivity index (χ2v) is 6.90. The molecule has 2 aliphatic rings. The summed E-state index contributed by atoms with van der Waals surface area (Å²) in [5.74, 6) is -0.124. The number of carbonyl (C=O) groups excluding carboxylic acids is 1. The van der Waals surface area contributed by atoms with Gasteiger partial charge < -0.3 is 14.4 Å². The van der Waals surface area contributed by atoms with E-state index >= 15 is 0 Å². The Morgan fingerprint density at radius 1 is 1.35 bits per heavy atom. The normalized spacial score (nSPS) is 30.2. The van der Waals surface area contributed by atoms with Crippen LogP contribution in [0.25, 0.3) is 0 Å². The van der Waals surface area contributed by atoms with Gasteiger partial charge in [-0.05, 0) is 49.3 Å². The number of hydrogen-bond acceptors (Lipinski definition) is 3. The first-order valence-electron chi connectivity index (χ1n) is 8.16. The van der Waals surface area contributed by atoms with E-state index in [9.17, 15) is 9.18 Å². The molecule has 0 bridgehead atoms. The van der Waals surface area contributed by atoms with Gasteiger partial charge in [-0.15, -0.1) is 0 Å². The summed E-state index contributed by atoms with van der Waals surface area (Å²) in [6, 6.07) is 4.29. The molecule has 2 fully saturated rings. The third kappa shape index (κ3) is 2.82. The first-order chi connectivity index (χ1) is 11.0. The highest BCUT2D eigenvalue weighted by Gasteiger charge is 2.49. The van der Waals surface area contributed by atoms with Gasteiger partial charge >= 0.3 is 0 Å². The Balaban J connectivity index is 1.86. The van der Waals surface area contributed by atoms with Gasteiger partial charge in [-0.2, -0.15) is 0 Å². The van der Waals surface area contributed by atoms with E-state index in [1.54, 1.807) is 7.11 Å². The van der Waals surface area contributed by atoms with E-state index in [4.69, 9.17) is 9.47 Å². The van der Waals surface area contributed by atoms with Crippen LogP contribution < -0.4 is 4.74 Å². The summed E-state index contributed by atoms with van der Waals surface area (Å²) >= 11 is 0. The van der Waals surface area contributed by atoms with Crippen molar-refractivity contribution in [2.75, 3.05) is 20.8 Å². The first-order valence-corrected chi connectivity index (χ1v) is 8.16. The van der Waals surface area contributed by atoms with Gasteiger partial charge in [0.15, 0.2) is 0 Å². The van der Waals surface area contributed by atoms with Gasteiger partial charge in [-0.25, -0.2) is 4.39 Å². The van der Waals surface area contributed by atoms with Crippen LogP contribution in [0, 0.1) is 11.2 Å². The molecule has 1 amide bonds. The lowest BCUT2D eigenvalue weighted by Crippen LogP contribution is -2.46. The molecule has 0 unspecified atom stereocenters. The van der Waals surface area contributed by atoms with Gasteiger partial charge in [0.05, 0.1) is 18.8 Å². The van der Waals surface area contributed by atoms with Crippen molar-refractivity contribution in [2.45, 2.75) is 44.8 Å². The maximum absolute atomic E-state index is 13.6. The summed E-state index contributed by atoms with van der Waals surface area (Å²) in [4.78, 5) is 14.9. The van der Waals surface area contributed by atoms with Crippen molar-refractivity contribution >= 4 is 5.91 Å². The number of likely N-dealkylation sites (tertiary alicyclic amines) is 1. The van der Waals surface area contributed by atoms with E-state index in [0.717, 1.165) is 25.7 Å². The number of carbonyl (C=O) groups is 1. The van der Waals surface area contributed by atoms with Crippen LogP contribution in [0.3, 0.4) is 0 Å².